The van der Waals surface area contributed by atoms with E-state index in [1.54, 1.807) is 55.7 Å². The van der Waals surface area contributed by atoms with Crippen LogP contribution in [0, 0.1) is 0 Å². The van der Waals surface area contributed by atoms with Crippen LogP contribution in [0.25, 0.3) is 6.08 Å². The van der Waals surface area contributed by atoms with Crippen LogP contribution in [-0.2, 0) is 4.79 Å². The van der Waals surface area contributed by atoms with Crippen LogP contribution in [0.2, 0.25) is 10.0 Å². The molecule has 2 aromatic rings. The van der Waals surface area contributed by atoms with Crippen molar-refractivity contribution in [2.45, 2.75) is 0 Å². The molecule has 122 valence electrons. The molecule has 0 spiro atoms. The summed E-state index contributed by atoms with van der Waals surface area (Å²) in [6.45, 7) is 0. The first kappa shape index (κ1) is 17.3. The molecule has 0 aliphatic carbocycles. The lowest BCUT2D eigenvalue weighted by molar-refractivity contribution is -0.113. The first-order valence-corrected chi connectivity index (χ1v) is 8.85. The van der Waals surface area contributed by atoms with Gasteiger partial charge in [-0.1, -0.05) is 53.2 Å². The Kier molecular flexibility index (Phi) is 5.15. The quantitative estimate of drug-likeness (QED) is 0.513. The van der Waals surface area contributed by atoms with Crippen molar-refractivity contribution in [1.29, 1.82) is 0 Å². The summed E-state index contributed by atoms with van der Waals surface area (Å²) in [7, 11) is 1.59. The largest absolute Gasteiger partial charge is 0.497 e. The van der Waals surface area contributed by atoms with Gasteiger partial charge in [0.2, 0.25) is 0 Å². The van der Waals surface area contributed by atoms with Crippen molar-refractivity contribution < 1.29 is 9.53 Å². The van der Waals surface area contributed by atoms with Gasteiger partial charge in [0.15, 0.2) is 4.32 Å². The highest BCUT2D eigenvalue weighted by atomic mass is 35.5. The number of methoxy groups -OCH3 is 1. The highest BCUT2D eigenvalue weighted by Gasteiger charge is 2.33. The van der Waals surface area contributed by atoms with Crippen molar-refractivity contribution in [3.8, 4) is 5.75 Å². The Morgan fingerprint density at radius 3 is 2.46 bits per heavy atom. The Labute approximate surface area is 159 Å². The minimum absolute atomic E-state index is 0.166. The maximum absolute atomic E-state index is 12.7. The van der Waals surface area contributed by atoms with Gasteiger partial charge in [-0.05, 0) is 48.0 Å². The molecule has 1 fully saturated rings. The van der Waals surface area contributed by atoms with Gasteiger partial charge < -0.3 is 4.74 Å². The number of benzene rings is 2. The van der Waals surface area contributed by atoms with Gasteiger partial charge in [-0.2, -0.15) is 0 Å². The first-order valence-electron chi connectivity index (χ1n) is 6.86. The van der Waals surface area contributed by atoms with Gasteiger partial charge in [-0.3, -0.25) is 9.69 Å². The number of hydrogen-bond donors (Lipinski definition) is 0. The van der Waals surface area contributed by atoms with Gasteiger partial charge in [-0.15, -0.1) is 0 Å². The molecule has 0 radical (unpaired) electrons. The molecule has 1 amide bonds. The lowest BCUT2D eigenvalue weighted by Crippen LogP contribution is -2.27. The summed E-state index contributed by atoms with van der Waals surface area (Å²) in [6.07, 6.45) is 1.75. The Hall–Kier alpha value is -1.53. The molecule has 0 aromatic heterocycles. The molecule has 1 saturated heterocycles. The number of hydrogen-bond acceptors (Lipinski definition) is 4. The fraction of sp³-hybridized carbons (Fsp3) is 0.0588. The van der Waals surface area contributed by atoms with Gasteiger partial charge in [0.25, 0.3) is 5.91 Å². The fourth-order valence-corrected chi connectivity index (χ4v) is 3.78. The highest BCUT2D eigenvalue weighted by Crippen LogP contribution is 2.37. The van der Waals surface area contributed by atoms with Crippen LogP contribution in [-0.4, -0.2) is 17.3 Å². The van der Waals surface area contributed by atoms with E-state index in [1.807, 2.05) is 0 Å². The summed E-state index contributed by atoms with van der Waals surface area (Å²) in [5.74, 6) is 0.553. The number of thiocarbonyl (C=S) groups is 1. The van der Waals surface area contributed by atoms with Crippen LogP contribution in [0.15, 0.2) is 47.4 Å². The van der Waals surface area contributed by atoms with Crippen LogP contribution in [0.1, 0.15) is 5.56 Å². The van der Waals surface area contributed by atoms with Crippen molar-refractivity contribution in [3.05, 3.63) is 63.0 Å². The van der Waals surface area contributed by atoms with Crippen molar-refractivity contribution in [1.82, 2.24) is 0 Å². The van der Waals surface area contributed by atoms with E-state index in [0.717, 1.165) is 11.3 Å². The normalized spacial score (nSPS) is 16.1. The summed E-state index contributed by atoms with van der Waals surface area (Å²) >= 11 is 18.5. The molecule has 7 heteroatoms. The maximum Gasteiger partial charge on any atom is 0.270 e. The number of ether oxygens (including phenoxy) is 1. The van der Waals surface area contributed by atoms with Gasteiger partial charge in [0.05, 0.1) is 27.7 Å². The van der Waals surface area contributed by atoms with Crippen LogP contribution >= 0.6 is 47.2 Å². The number of anilines is 1. The lowest BCUT2D eigenvalue weighted by atomic mass is 10.2. The van der Waals surface area contributed by atoms with Crippen molar-refractivity contribution in [2.24, 2.45) is 0 Å². The molecule has 0 bridgehead atoms. The van der Waals surface area contributed by atoms with E-state index in [-0.39, 0.29) is 5.91 Å². The maximum atomic E-state index is 12.7. The van der Waals surface area contributed by atoms with E-state index in [4.69, 9.17) is 40.2 Å². The third-order valence-electron chi connectivity index (χ3n) is 3.37. The standard InChI is InChI=1S/C17H11Cl2NO2S2/c1-22-12-5-3-11(4-6-12)20-16(21)15(24-17(20)23)9-10-2-7-13(18)14(19)8-10/h2-9H,1H3/b15-9+. The van der Waals surface area contributed by atoms with Gasteiger partial charge in [0.1, 0.15) is 5.75 Å². The summed E-state index contributed by atoms with van der Waals surface area (Å²) in [4.78, 5) is 14.7. The molecule has 0 unspecified atom stereocenters. The zero-order valence-electron chi connectivity index (χ0n) is 12.5. The fourth-order valence-electron chi connectivity index (χ4n) is 2.18. The average Bonchev–Trinajstić information content (AvgIpc) is 2.85. The van der Waals surface area contributed by atoms with Crippen LogP contribution in [0.5, 0.6) is 5.75 Å². The van der Waals surface area contributed by atoms with Crippen molar-refractivity contribution in [3.63, 3.8) is 0 Å². The average molecular weight is 396 g/mol. The predicted molar refractivity (Wildman–Crippen MR) is 105 cm³/mol. The molecule has 2 aromatic carbocycles. The highest BCUT2D eigenvalue weighted by molar-refractivity contribution is 8.27. The molecule has 0 saturated carbocycles. The number of carbonyl (C=O) groups excluding carboxylic acids is 1. The zero-order chi connectivity index (χ0) is 17.3. The van der Waals surface area contributed by atoms with Gasteiger partial charge in [-0.25, -0.2) is 0 Å². The lowest BCUT2D eigenvalue weighted by Gasteiger charge is -2.14. The number of rotatable bonds is 3. The second-order valence-corrected chi connectivity index (χ2v) is 7.38. The second kappa shape index (κ2) is 7.15. The molecule has 3 nitrogen and oxygen atoms in total. The zero-order valence-corrected chi connectivity index (χ0v) is 15.6. The second-order valence-electron chi connectivity index (χ2n) is 4.89. The van der Waals surface area contributed by atoms with Crippen LogP contribution in [0.3, 0.4) is 0 Å². The minimum Gasteiger partial charge on any atom is -0.497 e. The molecule has 0 N–H and O–H groups in total. The third kappa shape index (κ3) is 3.44. The van der Waals surface area contributed by atoms with E-state index in [1.165, 1.54) is 16.7 Å². The molecular weight excluding hydrogens is 385 g/mol. The molecule has 1 aliphatic heterocycles. The number of amides is 1. The number of nitrogens with zero attached hydrogens (tertiary/aromatic N) is 1. The van der Waals surface area contributed by atoms with E-state index >= 15 is 0 Å². The van der Waals surface area contributed by atoms with E-state index in [0.29, 0.717) is 25.0 Å². The molecule has 0 atom stereocenters. The molecule has 3 rings (SSSR count). The minimum atomic E-state index is -0.166. The number of thioether (sulfide) groups is 1. The third-order valence-corrected chi connectivity index (χ3v) is 5.41. The van der Waals surface area contributed by atoms with E-state index < -0.39 is 0 Å². The SMILES string of the molecule is COc1ccc(N2C(=O)/C(=C\c3ccc(Cl)c(Cl)c3)SC2=S)cc1. The van der Waals surface area contributed by atoms with Crippen molar-refractivity contribution in [2.75, 3.05) is 12.0 Å². The predicted octanol–water partition coefficient (Wildman–Crippen LogP) is 5.41. The van der Waals surface area contributed by atoms with E-state index in [9.17, 15) is 4.79 Å². The summed E-state index contributed by atoms with van der Waals surface area (Å²) in [5, 5.41) is 0.913. The number of carbonyl (C=O) groups is 1. The number of halogens is 2. The Morgan fingerprint density at radius 2 is 1.83 bits per heavy atom. The summed E-state index contributed by atoms with van der Waals surface area (Å²) in [6, 6.07) is 12.4. The van der Waals surface area contributed by atoms with E-state index in [2.05, 4.69) is 0 Å². The smallest absolute Gasteiger partial charge is 0.270 e. The Morgan fingerprint density at radius 1 is 1.12 bits per heavy atom. The van der Waals surface area contributed by atoms with Crippen LogP contribution < -0.4 is 9.64 Å². The molecular formula is C17H11Cl2NO2S2. The summed E-state index contributed by atoms with van der Waals surface area (Å²) < 4.78 is 5.61. The topological polar surface area (TPSA) is 29.5 Å². The Balaban J connectivity index is 1.90. The van der Waals surface area contributed by atoms with Gasteiger partial charge in [0, 0.05) is 0 Å². The first-order chi connectivity index (χ1) is 11.5. The summed E-state index contributed by atoms with van der Waals surface area (Å²) in [5.41, 5.74) is 1.50. The van der Waals surface area contributed by atoms with Gasteiger partial charge >= 0.3 is 0 Å². The molecule has 24 heavy (non-hydrogen) atoms. The molecule has 1 heterocycles. The van der Waals surface area contributed by atoms with Crippen LogP contribution in [0.4, 0.5) is 5.69 Å². The Bertz CT molecular complexity index is 850. The molecule has 1 aliphatic rings. The monoisotopic (exact) mass is 395 g/mol. The van der Waals surface area contributed by atoms with Crippen molar-refractivity contribution >= 4 is 69.2 Å².